The van der Waals surface area contributed by atoms with Gasteiger partial charge in [-0.3, -0.25) is 10.1 Å². The molecule has 0 amide bonds. The third-order valence-electron chi connectivity index (χ3n) is 3.64. The topological polar surface area (TPSA) is 84.2 Å². The Bertz CT molecular complexity index is 479. The Balaban J connectivity index is 1.90. The highest BCUT2D eigenvalue weighted by atomic mass is 35.5. The minimum atomic E-state index is -0.515. The van der Waals surface area contributed by atoms with Gasteiger partial charge >= 0.3 is 5.69 Å². The highest BCUT2D eigenvalue weighted by Gasteiger charge is 2.20. The van der Waals surface area contributed by atoms with E-state index in [0.29, 0.717) is 12.6 Å². The molecule has 0 unspecified atom stereocenters. The summed E-state index contributed by atoms with van der Waals surface area (Å²) in [6.07, 6.45) is 6.16. The van der Waals surface area contributed by atoms with E-state index in [9.17, 15) is 10.1 Å². The SMILES string of the molecule is CN(CCNc1nc(Cl)ncc1[N+](=O)[O-])C1CCCC1. The zero-order valence-electron chi connectivity index (χ0n) is 11.4. The summed E-state index contributed by atoms with van der Waals surface area (Å²) in [6.45, 7) is 1.39. The van der Waals surface area contributed by atoms with Gasteiger partial charge in [0.15, 0.2) is 0 Å². The molecule has 7 nitrogen and oxygen atoms in total. The highest BCUT2D eigenvalue weighted by molar-refractivity contribution is 6.28. The zero-order chi connectivity index (χ0) is 14.5. The first-order valence-corrected chi connectivity index (χ1v) is 7.07. The lowest BCUT2D eigenvalue weighted by Gasteiger charge is -2.23. The summed E-state index contributed by atoms with van der Waals surface area (Å²) in [5.41, 5.74) is -0.155. The monoisotopic (exact) mass is 299 g/mol. The van der Waals surface area contributed by atoms with Gasteiger partial charge in [0.2, 0.25) is 11.1 Å². The summed E-state index contributed by atoms with van der Waals surface area (Å²) in [5.74, 6) is 0.176. The molecule has 0 aliphatic heterocycles. The van der Waals surface area contributed by atoms with E-state index in [2.05, 4.69) is 27.2 Å². The van der Waals surface area contributed by atoms with E-state index >= 15 is 0 Å². The smallest absolute Gasteiger partial charge is 0.329 e. The van der Waals surface area contributed by atoms with Crippen molar-refractivity contribution in [3.63, 3.8) is 0 Å². The van der Waals surface area contributed by atoms with Crippen molar-refractivity contribution in [2.75, 3.05) is 25.5 Å². The van der Waals surface area contributed by atoms with Crippen LogP contribution < -0.4 is 5.32 Å². The second-order valence-corrected chi connectivity index (χ2v) is 5.31. The van der Waals surface area contributed by atoms with Crippen molar-refractivity contribution in [2.45, 2.75) is 31.7 Å². The van der Waals surface area contributed by atoms with Gasteiger partial charge in [-0.05, 0) is 31.5 Å². The highest BCUT2D eigenvalue weighted by Crippen LogP contribution is 2.23. The van der Waals surface area contributed by atoms with Crippen LogP contribution in [0.25, 0.3) is 0 Å². The summed E-state index contributed by atoms with van der Waals surface area (Å²) >= 11 is 5.67. The molecule has 2 rings (SSSR count). The standard InChI is InChI=1S/C12H18ClN5O2/c1-17(9-4-2-3-5-9)7-6-14-11-10(18(19)20)8-15-12(13)16-11/h8-9H,2-7H2,1H3,(H,14,15,16). The van der Waals surface area contributed by atoms with E-state index in [1.165, 1.54) is 25.7 Å². The molecule has 8 heteroatoms. The summed E-state index contributed by atoms with van der Waals surface area (Å²) < 4.78 is 0. The fourth-order valence-corrected chi connectivity index (χ4v) is 2.63. The zero-order valence-corrected chi connectivity index (χ0v) is 12.1. The van der Waals surface area contributed by atoms with Crippen LogP contribution in [-0.4, -0.2) is 46.0 Å². The van der Waals surface area contributed by atoms with Crippen molar-refractivity contribution in [3.8, 4) is 0 Å². The molecule has 1 heterocycles. The molecule has 1 aromatic rings. The van der Waals surface area contributed by atoms with Crippen LogP contribution in [-0.2, 0) is 0 Å². The third-order valence-corrected chi connectivity index (χ3v) is 3.82. The molecule has 0 bridgehead atoms. The molecule has 1 saturated carbocycles. The average Bonchev–Trinajstić information content (AvgIpc) is 2.92. The molecular weight excluding hydrogens is 282 g/mol. The predicted molar refractivity (Wildman–Crippen MR) is 77.1 cm³/mol. The van der Waals surface area contributed by atoms with Gasteiger partial charge in [-0.2, -0.15) is 4.98 Å². The molecule has 1 fully saturated rings. The maximum atomic E-state index is 10.9. The lowest BCUT2D eigenvalue weighted by molar-refractivity contribution is -0.384. The second kappa shape index (κ2) is 6.81. The number of halogens is 1. The second-order valence-electron chi connectivity index (χ2n) is 4.98. The van der Waals surface area contributed by atoms with Crippen LogP contribution in [0.4, 0.5) is 11.5 Å². The Hall–Kier alpha value is -1.47. The summed E-state index contributed by atoms with van der Waals surface area (Å²) in [4.78, 5) is 20.1. The van der Waals surface area contributed by atoms with Gasteiger partial charge in [0.05, 0.1) is 4.92 Å². The van der Waals surface area contributed by atoms with E-state index in [0.717, 1.165) is 12.7 Å². The molecule has 0 atom stereocenters. The van der Waals surface area contributed by atoms with Crippen LogP contribution in [0.5, 0.6) is 0 Å². The summed E-state index contributed by atoms with van der Waals surface area (Å²) in [6, 6.07) is 0.626. The molecule has 0 spiro atoms. The van der Waals surface area contributed by atoms with E-state index < -0.39 is 4.92 Å². The van der Waals surface area contributed by atoms with Crippen molar-refractivity contribution in [1.29, 1.82) is 0 Å². The van der Waals surface area contributed by atoms with Crippen LogP contribution in [0.2, 0.25) is 5.28 Å². The van der Waals surface area contributed by atoms with Crippen molar-refractivity contribution in [2.24, 2.45) is 0 Å². The van der Waals surface area contributed by atoms with Gasteiger partial charge < -0.3 is 10.2 Å². The number of aromatic nitrogens is 2. The number of nitrogens with zero attached hydrogens (tertiary/aromatic N) is 4. The average molecular weight is 300 g/mol. The van der Waals surface area contributed by atoms with E-state index in [-0.39, 0.29) is 16.8 Å². The predicted octanol–water partition coefficient (Wildman–Crippen LogP) is 2.32. The van der Waals surface area contributed by atoms with Crippen LogP contribution in [0.1, 0.15) is 25.7 Å². The summed E-state index contributed by atoms with van der Waals surface area (Å²) in [7, 11) is 2.08. The third kappa shape index (κ3) is 3.77. The van der Waals surface area contributed by atoms with Gasteiger partial charge in [0.1, 0.15) is 6.20 Å². The van der Waals surface area contributed by atoms with Gasteiger partial charge in [-0.25, -0.2) is 4.98 Å². The number of likely N-dealkylation sites (N-methyl/N-ethyl adjacent to an activating group) is 1. The molecule has 1 aliphatic rings. The molecule has 1 aromatic heterocycles. The molecule has 0 radical (unpaired) electrons. The van der Waals surface area contributed by atoms with Crippen LogP contribution >= 0.6 is 11.6 Å². The lowest BCUT2D eigenvalue weighted by Crippen LogP contribution is -2.33. The minimum absolute atomic E-state index is 0.00208. The normalized spacial score (nSPS) is 15.8. The number of hydrogen-bond donors (Lipinski definition) is 1. The number of hydrogen-bond acceptors (Lipinski definition) is 6. The number of rotatable bonds is 6. The maximum Gasteiger partial charge on any atom is 0.329 e. The van der Waals surface area contributed by atoms with Crippen molar-refractivity contribution >= 4 is 23.1 Å². The van der Waals surface area contributed by atoms with Crippen molar-refractivity contribution in [1.82, 2.24) is 14.9 Å². The van der Waals surface area contributed by atoms with Crippen molar-refractivity contribution < 1.29 is 4.92 Å². The van der Waals surface area contributed by atoms with Gasteiger partial charge in [-0.1, -0.05) is 12.8 Å². The van der Waals surface area contributed by atoms with E-state index in [1.807, 2.05) is 0 Å². The molecule has 0 aromatic carbocycles. The van der Waals surface area contributed by atoms with Crippen molar-refractivity contribution in [3.05, 3.63) is 21.6 Å². The first-order valence-electron chi connectivity index (χ1n) is 6.69. The fraction of sp³-hybridized carbons (Fsp3) is 0.667. The molecule has 20 heavy (non-hydrogen) atoms. The molecule has 1 N–H and O–H groups in total. The van der Waals surface area contributed by atoms with Crippen LogP contribution in [0.3, 0.4) is 0 Å². The number of nitro groups is 1. The van der Waals surface area contributed by atoms with E-state index in [4.69, 9.17) is 11.6 Å². The Labute approximate surface area is 122 Å². The molecule has 1 aliphatic carbocycles. The quantitative estimate of drug-likeness (QED) is 0.493. The number of anilines is 1. The summed E-state index contributed by atoms with van der Waals surface area (Å²) in [5, 5.41) is 13.8. The Morgan fingerprint density at radius 3 is 2.90 bits per heavy atom. The Morgan fingerprint density at radius 2 is 2.25 bits per heavy atom. The van der Waals surface area contributed by atoms with Crippen LogP contribution in [0, 0.1) is 10.1 Å². The molecular formula is C12H18ClN5O2. The van der Waals surface area contributed by atoms with Gasteiger partial charge in [0.25, 0.3) is 0 Å². The van der Waals surface area contributed by atoms with E-state index in [1.54, 1.807) is 0 Å². The first-order chi connectivity index (χ1) is 9.58. The number of nitrogens with one attached hydrogen (secondary N) is 1. The minimum Gasteiger partial charge on any atom is -0.363 e. The Kier molecular flexibility index (Phi) is 5.08. The first kappa shape index (κ1) is 14.9. The molecule has 110 valence electrons. The fourth-order valence-electron chi connectivity index (χ4n) is 2.50. The van der Waals surface area contributed by atoms with Crippen LogP contribution in [0.15, 0.2) is 6.20 Å². The van der Waals surface area contributed by atoms with Gasteiger partial charge in [0, 0.05) is 19.1 Å². The largest absolute Gasteiger partial charge is 0.363 e. The lowest BCUT2D eigenvalue weighted by atomic mass is 10.2. The van der Waals surface area contributed by atoms with Gasteiger partial charge in [-0.15, -0.1) is 0 Å². The maximum absolute atomic E-state index is 10.9. The Morgan fingerprint density at radius 1 is 1.55 bits per heavy atom. The molecule has 0 saturated heterocycles.